The molecule has 0 saturated heterocycles. The molecule has 0 bridgehead atoms. The van der Waals surface area contributed by atoms with Crippen molar-refractivity contribution < 1.29 is 9.47 Å². The first kappa shape index (κ1) is 13.8. The van der Waals surface area contributed by atoms with Crippen LogP contribution in [0.2, 0.25) is 0 Å². The Kier molecular flexibility index (Phi) is 5.72. The van der Waals surface area contributed by atoms with Gasteiger partial charge in [-0.05, 0) is 37.8 Å². The largest absolute Gasteiger partial charge is 0.381 e. The Hall–Kier alpha value is 0.350. The van der Waals surface area contributed by atoms with Crippen LogP contribution in [0.1, 0.15) is 51.4 Å². The third-order valence-corrected chi connectivity index (χ3v) is 6.50. The van der Waals surface area contributed by atoms with Gasteiger partial charge in [-0.25, -0.2) is 0 Å². The highest BCUT2D eigenvalue weighted by molar-refractivity contribution is 7.39. The maximum atomic E-state index is 5.67. The van der Waals surface area contributed by atoms with Crippen LogP contribution in [0.4, 0.5) is 0 Å². The lowest BCUT2D eigenvalue weighted by Crippen LogP contribution is -2.31. The molecule has 2 nitrogen and oxygen atoms in total. The Bertz CT molecular complexity index is 222. The van der Waals surface area contributed by atoms with Gasteiger partial charge in [0, 0.05) is 19.9 Å². The van der Waals surface area contributed by atoms with Crippen molar-refractivity contribution in [3.63, 3.8) is 0 Å². The zero-order chi connectivity index (χ0) is 12.1. The zero-order valence-electron chi connectivity index (χ0n) is 11.3. The summed E-state index contributed by atoms with van der Waals surface area (Å²) in [5, 5.41) is 0. The molecule has 0 spiro atoms. The fourth-order valence-corrected chi connectivity index (χ4v) is 5.65. The smallest absolute Gasteiger partial charge is 0.0636 e. The van der Waals surface area contributed by atoms with Crippen LogP contribution in [-0.2, 0) is 9.47 Å². The van der Waals surface area contributed by atoms with Crippen LogP contribution in [0.5, 0.6) is 0 Å². The normalized spacial score (nSPS) is 39.9. The Balaban J connectivity index is 1.81. The van der Waals surface area contributed by atoms with Gasteiger partial charge in [-0.15, -0.1) is 8.58 Å². The quantitative estimate of drug-likeness (QED) is 0.718. The molecule has 2 saturated carbocycles. The van der Waals surface area contributed by atoms with E-state index in [4.69, 9.17) is 9.47 Å². The van der Waals surface area contributed by atoms with Crippen molar-refractivity contribution in [1.82, 2.24) is 0 Å². The van der Waals surface area contributed by atoms with Gasteiger partial charge < -0.3 is 9.47 Å². The molecule has 5 atom stereocenters. The molecule has 5 unspecified atom stereocenters. The summed E-state index contributed by atoms with van der Waals surface area (Å²) in [5.74, 6) is 0. The SMILES string of the molecule is COC1CCCC(PC2CCCCC2OC)C1. The third-order valence-electron chi connectivity index (χ3n) is 4.41. The maximum absolute atomic E-state index is 5.67. The summed E-state index contributed by atoms with van der Waals surface area (Å²) >= 11 is 0. The van der Waals surface area contributed by atoms with E-state index in [1.807, 2.05) is 14.2 Å². The number of methoxy groups -OCH3 is 2. The Morgan fingerprint density at radius 3 is 2.47 bits per heavy atom. The van der Waals surface area contributed by atoms with Gasteiger partial charge in [0.05, 0.1) is 12.2 Å². The van der Waals surface area contributed by atoms with E-state index in [2.05, 4.69) is 0 Å². The highest BCUT2D eigenvalue weighted by atomic mass is 31.1. The first-order valence-corrected chi connectivity index (χ1v) is 8.30. The molecule has 0 aliphatic heterocycles. The lowest BCUT2D eigenvalue weighted by atomic mass is 9.96. The standard InChI is InChI=1S/C14H27O2P/c1-15-11-6-5-7-12(10-11)17-14-9-4-3-8-13(14)16-2/h11-14,17H,3-10H2,1-2H3. The van der Waals surface area contributed by atoms with Gasteiger partial charge in [-0.3, -0.25) is 0 Å². The molecule has 100 valence electrons. The van der Waals surface area contributed by atoms with Crippen molar-refractivity contribution in [1.29, 1.82) is 0 Å². The topological polar surface area (TPSA) is 18.5 Å². The van der Waals surface area contributed by atoms with Crippen molar-refractivity contribution >= 4 is 8.58 Å². The maximum Gasteiger partial charge on any atom is 0.0636 e. The minimum absolute atomic E-state index is 0.533. The lowest BCUT2D eigenvalue weighted by Gasteiger charge is -2.36. The highest BCUT2D eigenvalue weighted by Gasteiger charge is 2.30. The van der Waals surface area contributed by atoms with Crippen molar-refractivity contribution in [3.05, 3.63) is 0 Å². The van der Waals surface area contributed by atoms with Gasteiger partial charge in [0.15, 0.2) is 0 Å². The second-order valence-electron chi connectivity index (χ2n) is 5.55. The van der Waals surface area contributed by atoms with Gasteiger partial charge in [-0.1, -0.05) is 19.3 Å². The summed E-state index contributed by atoms with van der Waals surface area (Å²) in [4.78, 5) is 0. The van der Waals surface area contributed by atoms with Crippen molar-refractivity contribution in [2.24, 2.45) is 0 Å². The van der Waals surface area contributed by atoms with Gasteiger partial charge in [0.2, 0.25) is 0 Å². The molecule has 2 aliphatic carbocycles. The Morgan fingerprint density at radius 2 is 1.71 bits per heavy atom. The second kappa shape index (κ2) is 7.07. The van der Waals surface area contributed by atoms with E-state index in [-0.39, 0.29) is 0 Å². The van der Waals surface area contributed by atoms with Gasteiger partial charge in [0.1, 0.15) is 0 Å². The van der Waals surface area contributed by atoms with E-state index >= 15 is 0 Å². The number of ether oxygens (including phenoxy) is 2. The average Bonchev–Trinajstić information content (AvgIpc) is 2.39. The van der Waals surface area contributed by atoms with E-state index in [1.54, 1.807) is 0 Å². The molecular weight excluding hydrogens is 231 g/mol. The predicted molar refractivity (Wildman–Crippen MR) is 74.4 cm³/mol. The van der Waals surface area contributed by atoms with E-state index in [0.29, 0.717) is 12.2 Å². The molecule has 17 heavy (non-hydrogen) atoms. The van der Waals surface area contributed by atoms with E-state index in [0.717, 1.165) is 19.9 Å². The number of rotatable bonds is 4. The molecule has 2 rings (SSSR count). The Labute approximate surface area is 108 Å². The molecule has 0 N–H and O–H groups in total. The average molecular weight is 258 g/mol. The molecule has 2 fully saturated rings. The molecule has 0 amide bonds. The first-order valence-electron chi connectivity index (χ1n) is 7.15. The van der Waals surface area contributed by atoms with E-state index in [1.165, 1.54) is 51.4 Å². The van der Waals surface area contributed by atoms with Crippen LogP contribution in [0.15, 0.2) is 0 Å². The number of hydrogen-bond acceptors (Lipinski definition) is 2. The van der Waals surface area contributed by atoms with Crippen LogP contribution in [0.3, 0.4) is 0 Å². The van der Waals surface area contributed by atoms with Crippen LogP contribution in [0, 0.1) is 0 Å². The monoisotopic (exact) mass is 258 g/mol. The molecule has 3 heteroatoms. The fraction of sp³-hybridized carbons (Fsp3) is 1.00. The molecule has 0 heterocycles. The molecule has 0 radical (unpaired) electrons. The van der Waals surface area contributed by atoms with E-state index in [9.17, 15) is 0 Å². The summed E-state index contributed by atoms with van der Waals surface area (Å²) in [6.07, 6.45) is 11.9. The fourth-order valence-electron chi connectivity index (χ4n) is 3.38. The summed E-state index contributed by atoms with van der Waals surface area (Å²) < 4.78 is 11.2. The third kappa shape index (κ3) is 3.91. The van der Waals surface area contributed by atoms with E-state index < -0.39 is 0 Å². The van der Waals surface area contributed by atoms with Crippen LogP contribution < -0.4 is 0 Å². The van der Waals surface area contributed by atoms with Crippen molar-refractivity contribution in [3.8, 4) is 0 Å². The molecule has 2 aliphatic rings. The highest BCUT2D eigenvalue weighted by Crippen LogP contribution is 2.42. The van der Waals surface area contributed by atoms with Crippen molar-refractivity contribution in [2.75, 3.05) is 14.2 Å². The van der Waals surface area contributed by atoms with Crippen LogP contribution >= 0.6 is 8.58 Å². The number of hydrogen-bond donors (Lipinski definition) is 0. The molecule has 0 aromatic rings. The Morgan fingerprint density at radius 1 is 0.882 bits per heavy atom. The van der Waals surface area contributed by atoms with Gasteiger partial charge in [0.25, 0.3) is 0 Å². The second-order valence-corrected chi connectivity index (χ2v) is 7.44. The van der Waals surface area contributed by atoms with Crippen molar-refractivity contribution in [2.45, 2.75) is 74.9 Å². The summed E-state index contributed by atoms with van der Waals surface area (Å²) in [6, 6.07) is 0. The zero-order valence-corrected chi connectivity index (χ0v) is 12.3. The molecular formula is C14H27O2P. The molecule has 0 aromatic carbocycles. The summed E-state index contributed by atoms with van der Waals surface area (Å²) in [5.41, 5.74) is 1.75. The summed E-state index contributed by atoms with van der Waals surface area (Å²) in [6.45, 7) is 0. The lowest BCUT2D eigenvalue weighted by molar-refractivity contribution is 0.0684. The summed E-state index contributed by atoms with van der Waals surface area (Å²) in [7, 11) is 4.87. The minimum atomic E-state index is 0.533. The van der Waals surface area contributed by atoms with Crippen LogP contribution in [0.25, 0.3) is 0 Å². The van der Waals surface area contributed by atoms with Crippen LogP contribution in [-0.4, -0.2) is 37.7 Å². The predicted octanol–water partition coefficient (Wildman–Crippen LogP) is 3.58. The minimum Gasteiger partial charge on any atom is -0.381 e. The first-order chi connectivity index (χ1) is 8.33. The molecule has 0 aromatic heterocycles. The van der Waals surface area contributed by atoms with Gasteiger partial charge in [-0.2, -0.15) is 0 Å². The van der Waals surface area contributed by atoms with Gasteiger partial charge >= 0.3 is 0 Å².